The van der Waals surface area contributed by atoms with Crippen molar-refractivity contribution in [2.75, 3.05) is 13.2 Å². The van der Waals surface area contributed by atoms with Crippen LogP contribution in [0.15, 0.2) is 29.4 Å². The standard InChI is InChI=1S/C18H25N3O5/c1-18(2)25-16-14(10-22)24-13(15(23)17(16)26-18)9-12-5-3-11(4-6-12)7-8-20-21-19/h3-6,13-17,22-23H,7-10H2,1-2H3/t13-,14?,15?,16-,17?/m0/s1. The Bertz CT molecular complexity index is 659. The van der Waals surface area contributed by atoms with E-state index in [2.05, 4.69) is 10.0 Å². The van der Waals surface area contributed by atoms with Gasteiger partial charge in [0.25, 0.3) is 0 Å². The van der Waals surface area contributed by atoms with Gasteiger partial charge in [-0.15, -0.1) is 0 Å². The molecule has 8 heteroatoms. The second kappa shape index (κ2) is 7.92. The normalized spacial score (nSPS) is 32.7. The number of aliphatic hydroxyl groups is 2. The number of aliphatic hydroxyl groups excluding tert-OH is 2. The molecule has 3 rings (SSSR count). The van der Waals surface area contributed by atoms with Crippen molar-refractivity contribution in [2.24, 2.45) is 5.11 Å². The van der Waals surface area contributed by atoms with E-state index in [4.69, 9.17) is 19.7 Å². The summed E-state index contributed by atoms with van der Waals surface area (Å²) in [5.74, 6) is -0.810. The first-order chi connectivity index (χ1) is 12.4. The van der Waals surface area contributed by atoms with Crippen LogP contribution in [0.4, 0.5) is 0 Å². The van der Waals surface area contributed by atoms with Crippen molar-refractivity contribution < 1.29 is 24.4 Å². The maximum absolute atomic E-state index is 10.7. The smallest absolute Gasteiger partial charge is 0.164 e. The molecule has 2 saturated heterocycles. The molecule has 2 aliphatic heterocycles. The van der Waals surface area contributed by atoms with Crippen LogP contribution in [0, 0.1) is 0 Å². The average Bonchev–Trinajstić information content (AvgIpc) is 2.95. The molecule has 0 radical (unpaired) electrons. The lowest BCUT2D eigenvalue weighted by atomic mass is 9.91. The summed E-state index contributed by atoms with van der Waals surface area (Å²) >= 11 is 0. The van der Waals surface area contributed by atoms with Gasteiger partial charge >= 0.3 is 0 Å². The molecule has 8 nitrogen and oxygen atoms in total. The van der Waals surface area contributed by atoms with Crippen molar-refractivity contribution in [3.63, 3.8) is 0 Å². The summed E-state index contributed by atoms with van der Waals surface area (Å²) in [6, 6.07) is 7.89. The van der Waals surface area contributed by atoms with Gasteiger partial charge < -0.3 is 24.4 Å². The van der Waals surface area contributed by atoms with Gasteiger partial charge in [0.2, 0.25) is 0 Å². The highest BCUT2D eigenvalue weighted by Gasteiger charge is 2.54. The van der Waals surface area contributed by atoms with Crippen molar-refractivity contribution in [1.29, 1.82) is 0 Å². The summed E-state index contributed by atoms with van der Waals surface area (Å²) in [5, 5.41) is 23.9. The van der Waals surface area contributed by atoms with E-state index in [-0.39, 0.29) is 6.61 Å². The van der Waals surface area contributed by atoms with Crippen molar-refractivity contribution in [3.8, 4) is 0 Å². The third-order valence-corrected chi connectivity index (χ3v) is 4.80. The van der Waals surface area contributed by atoms with Crippen molar-refractivity contribution in [1.82, 2.24) is 0 Å². The van der Waals surface area contributed by atoms with Crippen LogP contribution in [0.5, 0.6) is 0 Å². The van der Waals surface area contributed by atoms with Gasteiger partial charge in [-0.1, -0.05) is 29.4 Å². The van der Waals surface area contributed by atoms with E-state index in [9.17, 15) is 10.2 Å². The minimum Gasteiger partial charge on any atom is -0.394 e. The predicted octanol–water partition coefficient (Wildman–Crippen LogP) is 1.72. The summed E-state index contributed by atoms with van der Waals surface area (Å²) in [4.78, 5) is 2.74. The Balaban J connectivity index is 1.66. The molecular weight excluding hydrogens is 338 g/mol. The van der Waals surface area contributed by atoms with E-state index in [1.165, 1.54) is 0 Å². The van der Waals surface area contributed by atoms with E-state index >= 15 is 0 Å². The Hall–Kier alpha value is -1.67. The van der Waals surface area contributed by atoms with Gasteiger partial charge in [-0.05, 0) is 36.9 Å². The van der Waals surface area contributed by atoms with Gasteiger partial charge in [-0.2, -0.15) is 0 Å². The molecule has 2 aliphatic rings. The minimum absolute atomic E-state index is 0.192. The number of ether oxygens (including phenoxy) is 3. The molecule has 2 fully saturated rings. The first kappa shape index (κ1) is 19.1. The number of fused-ring (bicyclic) bond motifs is 1. The van der Waals surface area contributed by atoms with E-state index in [0.29, 0.717) is 19.4 Å². The molecule has 142 valence electrons. The molecule has 0 spiro atoms. The number of azide groups is 1. The topological polar surface area (TPSA) is 117 Å². The van der Waals surface area contributed by atoms with Crippen LogP contribution in [0.1, 0.15) is 25.0 Å². The van der Waals surface area contributed by atoms with E-state index in [0.717, 1.165) is 11.1 Å². The van der Waals surface area contributed by atoms with E-state index in [1.54, 1.807) is 13.8 Å². The van der Waals surface area contributed by atoms with Crippen LogP contribution in [0.3, 0.4) is 0 Å². The zero-order valence-corrected chi connectivity index (χ0v) is 15.0. The average molecular weight is 363 g/mol. The van der Waals surface area contributed by atoms with Crippen molar-refractivity contribution >= 4 is 0 Å². The summed E-state index contributed by atoms with van der Waals surface area (Å²) < 4.78 is 17.5. The highest BCUT2D eigenvalue weighted by atomic mass is 16.8. The van der Waals surface area contributed by atoms with Crippen LogP contribution in [0.2, 0.25) is 0 Å². The second-order valence-corrected chi connectivity index (χ2v) is 7.18. The van der Waals surface area contributed by atoms with Crippen LogP contribution >= 0.6 is 0 Å². The SMILES string of the molecule is CC1(C)OC2C(O)[C@H](Cc3ccc(CCN=[N+]=[N-])cc3)OC(CO)[C@@H]2O1. The number of rotatable bonds is 6. The number of benzene rings is 1. The monoisotopic (exact) mass is 363 g/mol. The lowest BCUT2D eigenvalue weighted by Crippen LogP contribution is -2.57. The van der Waals surface area contributed by atoms with Crippen LogP contribution in [-0.2, 0) is 27.1 Å². The van der Waals surface area contributed by atoms with Gasteiger partial charge in [0.05, 0.1) is 12.7 Å². The van der Waals surface area contributed by atoms with Crippen LogP contribution in [0.25, 0.3) is 10.4 Å². The lowest BCUT2D eigenvalue weighted by Gasteiger charge is -2.39. The fraction of sp³-hybridized carbons (Fsp3) is 0.667. The molecule has 1 aromatic rings. The number of hydrogen-bond acceptors (Lipinski definition) is 6. The van der Waals surface area contributed by atoms with E-state index in [1.807, 2.05) is 24.3 Å². The first-order valence-corrected chi connectivity index (χ1v) is 8.82. The third kappa shape index (κ3) is 4.17. The highest BCUT2D eigenvalue weighted by Crippen LogP contribution is 2.38. The highest BCUT2D eigenvalue weighted by molar-refractivity contribution is 5.24. The zero-order chi connectivity index (χ0) is 18.7. The molecule has 0 bridgehead atoms. The van der Waals surface area contributed by atoms with Crippen molar-refractivity contribution in [3.05, 3.63) is 45.8 Å². The summed E-state index contributed by atoms with van der Waals surface area (Å²) in [5.41, 5.74) is 10.4. The van der Waals surface area contributed by atoms with Crippen LogP contribution in [-0.4, -0.2) is 59.7 Å². The first-order valence-electron chi connectivity index (χ1n) is 8.82. The maximum Gasteiger partial charge on any atom is 0.164 e. The molecule has 0 aliphatic carbocycles. The maximum atomic E-state index is 10.7. The Morgan fingerprint density at radius 3 is 2.42 bits per heavy atom. The molecule has 3 unspecified atom stereocenters. The molecule has 5 atom stereocenters. The quantitative estimate of drug-likeness (QED) is 0.453. The zero-order valence-electron chi connectivity index (χ0n) is 15.0. The van der Waals surface area contributed by atoms with Gasteiger partial charge in [0.1, 0.15) is 24.4 Å². The fourth-order valence-corrected chi connectivity index (χ4v) is 3.58. The van der Waals surface area contributed by atoms with Gasteiger partial charge in [-0.25, -0.2) is 0 Å². The molecule has 1 aromatic carbocycles. The number of hydrogen-bond donors (Lipinski definition) is 2. The largest absolute Gasteiger partial charge is 0.394 e. The number of nitrogens with zero attached hydrogens (tertiary/aromatic N) is 3. The Labute approximate surface area is 152 Å². The van der Waals surface area contributed by atoms with Gasteiger partial charge in [0.15, 0.2) is 5.79 Å². The molecule has 0 saturated carbocycles. The Morgan fingerprint density at radius 2 is 1.77 bits per heavy atom. The summed E-state index contributed by atoms with van der Waals surface area (Å²) in [7, 11) is 0. The molecule has 0 aromatic heterocycles. The molecule has 0 amide bonds. The molecule has 2 heterocycles. The Kier molecular flexibility index (Phi) is 5.82. The minimum atomic E-state index is -0.839. The second-order valence-electron chi connectivity index (χ2n) is 7.18. The third-order valence-electron chi connectivity index (χ3n) is 4.80. The van der Waals surface area contributed by atoms with E-state index < -0.39 is 36.3 Å². The summed E-state index contributed by atoms with van der Waals surface area (Å²) in [6.07, 6.45) is -1.68. The van der Waals surface area contributed by atoms with Crippen molar-refractivity contribution in [2.45, 2.75) is 63.0 Å². The van der Waals surface area contributed by atoms with Gasteiger partial charge in [-0.3, -0.25) is 0 Å². The lowest BCUT2D eigenvalue weighted by molar-refractivity contribution is -0.195. The molecular formula is C18H25N3O5. The summed E-state index contributed by atoms with van der Waals surface area (Å²) in [6.45, 7) is 3.81. The van der Waals surface area contributed by atoms with Crippen LogP contribution < -0.4 is 0 Å². The Morgan fingerprint density at radius 1 is 1.12 bits per heavy atom. The molecule has 26 heavy (non-hydrogen) atoms. The predicted molar refractivity (Wildman–Crippen MR) is 93.4 cm³/mol. The molecule has 2 N–H and O–H groups in total. The van der Waals surface area contributed by atoms with Gasteiger partial charge in [0, 0.05) is 17.9 Å². The fourth-order valence-electron chi connectivity index (χ4n) is 3.58.